The highest BCUT2D eigenvalue weighted by Crippen LogP contribution is 2.30. The normalized spacial score (nSPS) is 10.7. The van der Waals surface area contributed by atoms with E-state index < -0.39 is 0 Å². The van der Waals surface area contributed by atoms with E-state index in [0.29, 0.717) is 40.4 Å². The van der Waals surface area contributed by atoms with Crippen molar-refractivity contribution in [2.45, 2.75) is 6.92 Å². The molecule has 0 saturated heterocycles. The summed E-state index contributed by atoms with van der Waals surface area (Å²) in [6, 6.07) is 10.0. The Morgan fingerprint density at radius 3 is 2.74 bits per heavy atom. The fraction of sp³-hybridized carbons (Fsp3) is 0.278. The number of ether oxygens (including phenoxy) is 1. The Balaban J connectivity index is 2.33. The van der Waals surface area contributed by atoms with Gasteiger partial charge in [0.15, 0.2) is 0 Å². The fourth-order valence-corrected chi connectivity index (χ4v) is 2.56. The molecule has 2 aromatic rings. The lowest BCUT2D eigenvalue weighted by atomic mass is 10.0. The van der Waals surface area contributed by atoms with Crippen LogP contribution < -0.4 is 0 Å². The number of halogens is 2. The highest BCUT2D eigenvalue weighted by Gasteiger charge is 2.14. The molecule has 3 nitrogen and oxygen atoms in total. The molecule has 0 atom stereocenters. The van der Waals surface area contributed by atoms with E-state index in [2.05, 4.69) is 0 Å². The molecule has 0 fully saturated rings. The third-order valence-electron chi connectivity index (χ3n) is 3.65. The van der Waals surface area contributed by atoms with Crippen LogP contribution in [0.1, 0.15) is 15.9 Å². The van der Waals surface area contributed by atoms with Gasteiger partial charge in [-0.25, -0.2) is 4.39 Å². The fourth-order valence-electron chi connectivity index (χ4n) is 2.24. The van der Waals surface area contributed by atoms with Gasteiger partial charge in [-0.15, -0.1) is 0 Å². The number of methoxy groups -OCH3 is 1. The Hall–Kier alpha value is -1.91. The van der Waals surface area contributed by atoms with Gasteiger partial charge in [-0.05, 0) is 42.3 Å². The van der Waals surface area contributed by atoms with Gasteiger partial charge in [-0.1, -0.05) is 23.7 Å². The summed E-state index contributed by atoms with van der Waals surface area (Å²) in [4.78, 5) is 14.0. The van der Waals surface area contributed by atoms with E-state index in [4.69, 9.17) is 16.3 Å². The lowest BCUT2D eigenvalue weighted by Crippen LogP contribution is -2.29. The topological polar surface area (TPSA) is 29.5 Å². The number of rotatable bonds is 5. The molecule has 23 heavy (non-hydrogen) atoms. The number of hydrogen-bond donors (Lipinski definition) is 0. The maximum atomic E-state index is 13.8. The van der Waals surface area contributed by atoms with Gasteiger partial charge in [0, 0.05) is 36.9 Å². The maximum Gasteiger partial charge on any atom is 0.253 e. The Morgan fingerprint density at radius 1 is 1.30 bits per heavy atom. The molecule has 2 rings (SSSR count). The monoisotopic (exact) mass is 335 g/mol. The average Bonchev–Trinajstić information content (AvgIpc) is 2.55. The molecule has 0 radical (unpaired) electrons. The quantitative estimate of drug-likeness (QED) is 0.820. The predicted molar refractivity (Wildman–Crippen MR) is 90.4 cm³/mol. The first kappa shape index (κ1) is 17.4. The minimum absolute atomic E-state index is 0.118. The second kappa shape index (κ2) is 7.57. The summed E-state index contributed by atoms with van der Waals surface area (Å²) in [5, 5.41) is 0.459. The zero-order valence-electron chi connectivity index (χ0n) is 13.4. The molecule has 0 aliphatic carbocycles. The maximum absolute atomic E-state index is 13.8. The highest BCUT2D eigenvalue weighted by atomic mass is 35.5. The highest BCUT2D eigenvalue weighted by molar-refractivity contribution is 6.33. The van der Waals surface area contributed by atoms with Crippen molar-refractivity contribution in [2.75, 3.05) is 27.3 Å². The van der Waals surface area contributed by atoms with E-state index in [1.54, 1.807) is 50.2 Å². The summed E-state index contributed by atoms with van der Waals surface area (Å²) < 4.78 is 18.8. The summed E-state index contributed by atoms with van der Waals surface area (Å²) in [7, 11) is 3.30. The number of aryl methyl sites for hydroxylation is 1. The van der Waals surface area contributed by atoms with Crippen molar-refractivity contribution >= 4 is 17.5 Å². The number of hydrogen-bond acceptors (Lipinski definition) is 2. The Labute approximate surface area is 140 Å². The zero-order valence-corrected chi connectivity index (χ0v) is 14.2. The van der Waals surface area contributed by atoms with Crippen molar-refractivity contribution in [1.82, 2.24) is 4.90 Å². The van der Waals surface area contributed by atoms with E-state index in [9.17, 15) is 9.18 Å². The van der Waals surface area contributed by atoms with Crippen molar-refractivity contribution in [3.63, 3.8) is 0 Å². The first-order valence-corrected chi connectivity index (χ1v) is 7.62. The third-order valence-corrected chi connectivity index (χ3v) is 3.96. The standard InChI is InChI=1S/C18H19ClFNO2/c1-12-9-16(19)15(11-17(12)20)13-5-4-6-14(10-13)18(22)21(2)7-8-23-3/h4-6,9-11H,7-8H2,1-3H3. The Kier molecular flexibility index (Phi) is 5.74. The molecule has 2 aromatic carbocycles. The molecule has 0 aliphatic heterocycles. The largest absolute Gasteiger partial charge is 0.383 e. The third kappa shape index (κ3) is 4.09. The molecule has 122 valence electrons. The van der Waals surface area contributed by atoms with Crippen molar-refractivity contribution in [2.24, 2.45) is 0 Å². The van der Waals surface area contributed by atoms with E-state index in [0.717, 1.165) is 0 Å². The van der Waals surface area contributed by atoms with E-state index in [1.165, 1.54) is 6.07 Å². The molecular weight excluding hydrogens is 317 g/mol. The number of nitrogens with zero attached hydrogens (tertiary/aromatic N) is 1. The number of amides is 1. The second-order valence-corrected chi connectivity index (χ2v) is 5.79. The van der Waals surface area contributed by atoms with Gasteiger partial charge >= 0.3 is 0 Å². The zero-order chi connectivity index (χ0) is 17.0. The van der Waals surface area contributed by atoms with Crippen LogP contribution >= 0.6 is 11.6 Å². The SMILES string of the molecule is COCCN(C)C(=O)c1cccc(-c2cc(F)c(C)cc2Cl)c1. The molecule has 0 bridgehead atoms. The van der Waals surface area contributed by atoms with Gasteiger partial charge in [0.1, 0.15) is 5.82 Å². The molecular formula is C18H19ClFNO2. The molecule has 0 unspecified atom stereocenters. The van der Waals surface area contributed by atoms with Crippen LogP contribution in [0.3, 0.4) is 0 Å². The van der Waals surface area contributed by atoms with Gasteiger partial charge in [-0.3, -0.25) is 4.79 Å². The Morgan fingerprint density at radius 2 is 2.04 bits per heavy atom. The molecule has 0 saturated carbocycles. The molecule has 0 aromatic heterocycles. The number of carbonyl (C=O) groups excluding carboxylic acids is 1. The molecule has 0 N–H and O–H groups in total. The smallest absolute Gasteiger partial charge is 0.253 e. The van der Waals surface area contributed by atoms with Crippen LogP contribution in [-0.4, -0.2) is 38.1 Å². The van der Waals surface area contributed by atoms with Gasteiger partial charge in [0.25, 0.3) is 5.91 Å². The van der Waals surface area contributed by atoms with Crippen LogP contribution in [-0.2, 0) is 4.74 Å². The summed E-state index contributed by atoms with van der Waals surface area (Å²) in [6.45, 7) is 2.63. The first-order valence-electron chi connectivity index (χ1n) is 7.24. The minimum Gasteiger partial charge on any atom is -0.383 e. The summed E-state index contributed by atoms with van der Waals surface area (Å²) >= 11 is 6.22. The number of likely N-dealkylation sites (N-methyl/N-ethyl adjacent to an activating group) is 1. The molecule has 5 heteroatoms. The molecule has 1 amide bonds. The van der Waals surface area contributed by atoms with Gasteiger partial charge < -0.3 is 9.64 Å². The number of benzene rings is 2. The lowest BCUT2D eigenvalue weighted by molar-refractivity contribution is 0.0744. The number of carbonyl (C=O) groups is 1. The van der Waals surface area contributed by atoms with Crippen LogP contribution in [0, 0.1) is 12.7 Å². The lowest BCUT2D eigenvalue weighted by Gasteiger charge is -2.17. The van der Waals surface area contributed by atoms with Crippen LogP contribution in [0.4, 0.5) is 4.39 Å². The molecule has 0 spiro atoms. The van der Waals surface area contributed by atoms with E-state index >= 15 is 0 Å². The van der Waals surface area contributed by atoms with Crippen LogP contribution in [0.2, 0.25) is 5.02 Å². The summed E-state index contributed by atoms with van der Waals surface area (Å²) in [5.41, 5.74) is 2.30. The summed E-state index contributed by atoms with van der Waals surface area (Å²) in [6.07, 6.45) is 0. The first-order chi connectivity index (χ1) is 10.9. The molecule has 0 aliphatic rings. The van der Waals surface area contributed by atoms with Gasteiger partial charge in [-0.2, -0.15) is 0 Å². The van der Waals surface area contributed by atoms with Crippen molar-refractivity contribution in [3.05, 3.63) is 58.4 Å². The van der Waals surface area contributed by atoms with Crippen molar-refractivity contribution < 1.29 is 13.9 Å². The van der Waals surface area contributed by atoms with Crippen molar-refractivity contribution in [1.29, 1.82) is 0 Å². The molecule has 0 heterocycles. The second-order valence-electron chi connectivity index (χ2n) is 5.38. The Bertz CT molecular complexity index is 718. The van der Waals surface area contributed by atoms with Crippen LogP contribution in [0.5, 0.6) is 0 Å². The van der Waals surface area contributed by atoms with E-state index in [1.807, 2.05) is 6.07 Å². The van der Waals surface area contributed by atoms with E-state index in [-0.39, 0.29) is 11.7 Å². The minimum atomic E-state index is -0.321. The summed E-state index contributed by atoms with van der Waals surface area (Å²) in [5.74, 6) is -0.439. The van der Waals surface area contributed by atoms with Gasteiger partial charge in [0.05, 0.1) is 6.61 Å². The average molecular weight is 336 g/mol. The van der Waals surface area contributed by atoms with Gasteiger partial charge in [0.2, 0.25) is 0 Å². The van der Waals surface area contributed by atoms with Crippen LogP contribution in [0.15, 0.2) is 36.4 Å². The van der Waals surface area contributed by atoms with Crippen LogP contribution in [0.25, 0.3) is 11.1 Å². The van der Waals surface area contributed by atoms with Crippen molar-refractivity contribution in [3.8, 4) is 11.1 Å². The predicted octanol–water partition coefficient (Wildman–Crippen LogP) is 4.17.